The summed E-state index contributed by atoms with van der Waals surface area (Å²) in [7, 11) is 1.29. The first-order valence-corrected chi connectivity index (χ1v) is 8.42. The van der Waals surface area contributed by atoms with Crippen molar-refractivity contribution in [3.05, 3.63) is 54.1 Å². The zero-order valence-electron chi connectivity index (χ0n) is 15.4. The second kappa shape index (κ2) is 9.38. The average Bonchev–Trinajstić information content (AvgIpc) is 2.62. The number of esters is 1. The highest BCUT2D eigenvalue weighted by atomic mass is 16.5. The van der Waals surface area contributed by atoms with Crippen LogP contribution >= 0.6 is 0 Å². The molecule has 2 N–H and O–H groups in total. The van der Waals surface area contributed by atoms with Crippen molar-refractivity contribution in [3.63, 3.8) is 0 Å². The lowest BCUT2D eigenvalue weighted by atomic mass is 10.2. The van der Waals surface area contributed by atoms with Gasteiger partial charge in [0.15, 0.2) is 0 Å². The number of carbonyl (C=O) groups excluding carboxylic acids is 3. The van der Waals surface area contributed by atoms with Gasteiger partial charge in [0.2, 0.25) is 11.8 Å². The lowest BCUT2D eigenvalue weighted by Gasteiger charge is -2.11. The second-order valence-electron chi connectivity index (χ2n) is 6.03. The molecule has 142 valence electrons. The zero-order valence-corrected chi connectivity index (χ0v) is 15.4. The maximum absolute atomic E-state index is 12.0. The lowest BCUT2D eigenvalue weighted by Crippen LogP contribution is -2.21. The van der Waals surface area contributed by atoms with Crippen molar-refractivity contribution in [2.75, 3.05) is 17.7 Å². The molecule has 2 amide bonds. The summed E-state index contributed by atoms with van der Waals surface area (Å²) in [5.74, 6) is -0.650. The van der Waals surface area contributed by atoms with Gasteiger partial charge in [-0.2, -0.15) is 0 Å². The largest absolute Gasteiger partial charge is 0.491 e. The van der Waals surface area contributed by atoms with Crippen molar-refractivity contribution in [2.24, 2.45) is 0 Å². The fourth-order valence-electron chi connectivity index (χ4n) is 2.25. The quantitative estimate of drug-likeness (QED) is 0.576. The Morgan fingerprint density at radius 3 is 1.78 bits per heavy atom. The summed E-state index contributed by atoms with van der Waals surface area (Å²) in [5.41, 5.74) is 1.43. The Hall–Kier alpha value is -3.35. The number of hydrogen-bond acceptors (Lipinski definition) is 5. The first-order chi connectivity index (χ1) is 12.9. The highest BCUT2D eigenvalue weighted by Crippen LogP contribution is 2.17. The number of benzene rings is 2. The Labute approximate surface area is 157 Å². The van der Waals surface area contributed by atoms with Gasteiger partial charge in [0.1, 0.15) is 12.2 Å². The lowest BCUT2D eigenvalue weighted by molar-refractivity contribution is -0.123. The van der Waals surface area contributed by atoms with Crippen LogP contribution in [0.3, 0.4) is 0 Å². The van der Waals surface area contributed by atoms with Crippen LogP contribution in [0.4, 0.5) is 11.4 Å². The Balaban J connectivity index is 1.84. The molecule has 0 saturated heterocycles. The number of amides is 2. The van der Waals surface area contributed by atoms with E-state index in [0.717, 1.165) is 0 Å². The van der Waals surface area contributed by atoms with E-state index in [1.54, 1.807) is 36.4 Å². The molecule has 0 radical (unpaired) electrons. The van der Waals surface area contributed by atoms with Gasteiger partial charge in [0, 0.05) is 11.4 Å². The molecule has 2 aromatic rings. The van der Waals surface area contributed by atoms with Crippen molar-refractivity contribution in [3.8, 4) is 5.75 Å². The number of carbonyl (C=O) groups is 3. The normalized spacial score (nSPS) is 10.2. The van der Waals surface area contributed by atoms with Crippen LogP contribution in [-0.2, 0) is 14.3 Å². The highest BCUT2D eigenvalue weighted by Gasteiger charge is 2.11. The van der Waals surface area contributed by atoms with Gasteiger partial charge in [-0.15, -0.1) is 0 Å². The van der Waals surface area contributed by atoms with E-state index < -0.39 is 17.8 Å². The number of anilines is 2. The van der Waals surface area contributed by atoms with Crippen LogP contribution in [-0.4, -0.2) is 31.0 Å². The van der Waals surface area contributed by atoms with Gasteiger partial charge in [-0.3, -0.25) is 9.59 Å². The fourth-order valence-corrected chi connectivity index (χ4v) is 2.25. The molecule has 0 saturated carbocycles. The molecule has 0 fully saturated rings. The SMILES string of the molecule is COC(=O)c1ccc(NC(=O)CC(=O)Nc2ccc(OC(C)C)cc2)cc1. The molecule has 2 aromatic carbocycles. The first-order valence-electron chi connectivity index (χ1n) is 8.42. The van der Waals surface area contributed by atoms with Crippen LogP contribution in [0.2, 0.25) is 0 Å². The van der Waals surface area contributed by atoms with Crippen LogP contribution in [0.15, 0.2) is 48.5 Å². The average molecular weight is 370 g/mol. The molecular formula is C20H22N2O5. The van der Waals surface area contributed by atoms with Crippen molar-refractivity contribution < 1.29 is 23.9 Å². The van der Waals surface area contributed by atoms with Crippen molar-refractivity contribution in [1.82, 2.24) is 0 Å². The Bertz CT molecular complexity index is 798. The van der Waals surface area contributed by atoms with Crippen LogP contribution in [0.25, 0.3) is 0 Å². The summed E-state index contributed by atoms with van der Waals surface area (Å²) < 4.78 is 10.1. The summed E-state index contributed by atoms with van der Waals surface area (Å²) in [5, 5.41) is 5.26. The van der Waals surface area contributed by atoms with E-state index in [2.05, 4.69) is 15.4 Å². The van der Waals surface area contributed by atoms with Crippen molar-refractivity contribution in [2.45, 2.75) is 26.4 Å². The van der Waals surface area contributed by atoms with E-state index in [-0.39, 0.29) is 12.5 Å². The predicted molar refractivity (Wildman–Crippen MR) is 102 cm³/mol. The smallest absolute Gasteiger partial charge is 0.337 e. The Morgan fingerprint density at radius 1 is 0.852 bits per heavy atom. The van der Waals surface area contributed by atoms with Gasteiger partial charge in [-0.1, -0.05) is 0 Å². The van der Waals surface area contributed by atoms with Crippen molar-refractivity contribution in [1.29, 1.82) is 0 Å². The summed E-state index contributed by atoms with van der Waals surface area (Å²) >= 11 is 0. The number of methoxy groups -OCH3 is 1. The van der Waals surface area contributed by atoms with E-state index in [1.165, 1.54) is 19.2 Å². The van der Waals surface area contributed by atoms with Gasteiger partial charge in [0.25, 0.3) is 0 Å². The van der Waals surface area contributed by atoms with E-state index in [9.17, 15) is 14.4 Å². The summed E-state index contributed by atoms with van der Waals surface area (Å²) in [6.45, 7) is 3.86. The molecule has 0 atom stereocenters. The number of hydrogen-bond donors (Lipinski definition) is 2. The third-order valence-corrected chi connectivity index (χ3v) is 3.42. The second-order valence-corrected chi connectivity index (χ2v) is 6.03. The van der Waals surface area contributed by atoms with Crippen LogP contribution < -0.4 is 15.4 Å². The molecule has 0 unspecified atom stereocenters. The molecular weight excluding hydrogens is 348 g/mol. The Kier molecular flexibility index (Phi) is 6.93. The molecule has 0 heterocycles. The third kappa shape index (κ3) is 6.47. The summed E-state index contributed by atoms with van der Waals surface area (Å²) in [6.07, 6.45) is -0.265. The molecule has 7 nitrogen and oxygen atoms in total. The van der Waals surface area contributed by atoms with Crippen LogP contribution in [0.5, 0.6) is 5.75 Å². The Morgan fingerprint density at radius 2 is 1.33 bits per heavy atom. The molecule has 0 aliphatic carbocycles. The van der Waals surface area contributed by atoms with Gasteiger partial charge >= 0.3 is 5.97 Å². The number of ether oxygens (including phenoxy) is 2. The van der Waals surface area contributed by atoms with E-state index in [4.69, 9.17) is 4.74 Å². The van der Waals surface area contributed by atoms with E-state index >= 15 is 0 Å². The monoisotopic (exact) mass is 370 g/mol. The van der Waals surface area contributed by atoms with Crippen LogP contribution in [0, 0.1) is 0 Å². The van der Waals surface area contributed by atoms with Crippen LogP contribution in [0.1, 0.15) is 30.6 Å². The summed E-state index contributed by atoms with van der Waals surface area (Å²) in [6, 6.07) is 13.1. The maximum Gasteiger partial charge on any atom is 0.337 e. The zero-order chi connectivity index (χ0) is 19.8. The van der Waals surface area contributed by atoms with Crippen molar-refractivity contribution >= 4 is 29.2 Å². The predicted octanol–water partition coefficient (Wildman–Crippen LogP) is 3.23. The topological polar surface area (TPSA) is 93.7 Å². The molecule has 0 aliphatic heterocycles. The third-order valence-electron chi connectivity index (χ3n) is 3.42. The molecule has 27 heavy (non-hydrogen) atoms. The number of rotatable bonds is 7. The van der Waals surface area contributed by atoms with Gasteiger partial charge in [-0.25, -0.2) is 4.79 Å². The minimum absolute atomic E-state index is 0.0656. The van der Waals surface area contributed by atoms with Gasteiger partial charge < -0.3 is 20.1 Å². The van der Waals surface area contributed by atoms with E-state index in [0.29, 0.717) is 22.7 Å². The molecule has 0 aliphatic rings. The molecule has 7 heteroatoms. The molecule has 0 aromatic heterocycles. The molecule has 2 rings (SSSR count). The highest BCUT2D eigenvalue weighted by molar-refractivity contribution is 6.08. The number of nitrogens with one attached hydrogen (secondary N) is 2. The van der Waals surface area contributed by atoms with E-state index in [1.807, 2.05) is 13.8 Å². The summed E-state index contributed by atoms with van der Waals surface area (Å²) in [4.78, 5) is 35.3. The molecule has 0 bridgehead atoms. The molecule has 0 spiro atoms. The first kappa shape index (κ1) is 20.0. The van der Waals surface area contributed by atoms with Gasteiger partial charge in [0.05, 0.1) is 18.8 Å². The fraction of sp³-hybridized carbons (Fsp3) is 0.250. The maximum atomic E-state index is 12.0. The van der Waals surface area contributed by atoms with Gasteiger partial charge in [-0.05, 0) is 62.4 Å². The standard InChI is InChI=1S/C20H22N2O5/c1-13(2)27-17-10-8-16(9-11-17)22-19(24)12-18(23)21-15-6-4-14(5-7-15)20(25)26-3/h4-11,13H,12H2,1-3H3,(H,21,23)(H,22,24). The minimum atomic E-state index is -0.461. The minimum Gasteiger partial charge on any atom is -0.491 e.